The van der Waals surface area contributed by atoms with Gasteiger partial charge in [-0.3, -0.25) is 9.59 Å². The third kappa shape index (κ3) is 4.16. The van der Waals surface area contributed by atoms with Crippen LogP contribution in [0.4, 0.5) is 15.8 Å². The molecule has 0 saturated heterocycles. The van der Waals surface area contributed by atoms with E-state index in [-0.39, 0.29) is 23.1 Å². The van der Waals surface area contributed by atoms with Crippen LogP contribution in [0.3, 0.4) is 0 Å². The summed E-state index contributed by atoms with van der Waals surface area (Å²) in [6, 6.07) is 7.00. The van der Waals surface area contributed by atoms with Crippen LogP contribution in [0.25, 0.3) is 0 Å². The molecule has 8 heteroatoms. The molecule has 0 aliphatic heterocycles. The first kappa shape index (κ1) is 19.5. The summed E-state index contributed by atoms with van der Waals surface area (Å²) in [6.45, 7) is 0. The van der Waals surface area contributed by atoms with E-state index < -0.39 is 11.7 Å². The smallest absolute Gasteiger partial charge is 0.255 e. The maximum atomic E-state index is 14.0. The topological polar surface area (TPSA) is 85.9 Å². The van der Waals surface area contributed by atoms with Crippen LogP contribution >= 0.6 is 0 Å². The molecule has 2 amide bonds. The minimum absolute atomic E-state index is 0.0274. The van der Waals surface area contributed by atoms with Crippen molar-refractivity contribution in [1.29, 1.82) is 0 Å². The van der Waals surface area contributed by atoms with Crippen molar-refractivity contribution in [3.63, 3.8) is 0 Å². The molecule has 1 fully saturated rings. The quantitative estimate of drug-likeness (QED) is 0.759. The van der Waals surface area contributed by atoms with Crippen LogP contribution < -0.4 is 24.8 Å². The fourth-order valence-corrected chi connectivity index (χ4v) is 2.69. The number of methoxy groups -OCH3 is 3. The van der Waals surface area contributed by atoms with Gasteiger partial charge in [0.1, 0.15) is 5.82 Å². The van der Waals surface area contributed by atoms with E-state index in [9.17, 15) is 14.0 Å². The van der Waals surface area contributed by atoms with Crippen LogP contribution in [0.1, 0.15) is 23.2 Å². The molecule has 1 saturated carbocycles. The lowest BCUT2D eigenvalue weighted by atomic mass is 10.1. The molecule has 0 heterocycles. The normalized spacial score (nSPS) is 12.9. The average molecular weight is 388 g/mol. The van der Waals surface area contributed by atoms with Gasteiger partial charge in [0.2, 0.25) is 11.7 Å². The Kier molecular flexibility index (Phi) is 5.67. The molecule has 0 spiro atoms. The van der Waals surface area contributed by atoms with Gasteiger partial charge in [0.05, 0.1) is 27.0 Å². The Balaban J connectivity index is 1.81. The minimum atomic E-state index is -0.570. The SMILES string of the molecule is COc1cc(C(=O)Nc2ccc(F)c(NC(=O)C3CC3)c2)cc(OC)c1OC. The van der Waals surface area contributed by atoms with Crippen LogP contribution in [0, 0.1) is 11.7 Å². The second-order valence-electron chi connectivity index (χ2n) is 6.33. The largest absolute Gasteiger partial charge is 0.493 e. The number of hydrogen-bond donors (Lipinski definition) is 2. The number of anilines is 2. The summed E-state index contributed by atoms with van der Waals surface area (Å²) >= 11 is 0. The Bertz CT molecular complexity index is 886. The lowest BCUT2D eigenvalue weighted by molar-refractivity contribution is -0.117. The van der Waals surface area contributed by atoms with Crippen molar-refractivity contribution in [1.82, 2.24) is 0 Å². The van der Waals surface area contributed by atoms with Gasteiger partial charge >= 0.3 is 0 Å². The highest BCUT2D eigenvalue weighted by Gasteiger charge is 2.30. The van der Waals surface area contributed by atoms with Crippen LogP contribution in [-0.2, 0) is 4.79 Å². The number of rotatable bonds is 7. The summed E-state index contributed by atoms with van der Waals surface area (Å²) < 4.78 is 29.7. The number of ether oxygens (including phenoxy) is 3. The van der Waals surface area contributed by atoms with Crippen LogP contribution in [0.5, 0.6) is 17.2 Å². The van der Waals surface area contributed by atoms with Crippen molar-refractivity contribution >= 4 is 23.2 Å². The Morgan fingerprint density at radius 2 is 1.61 bits per heavy atom. The summed E-state index contributed by atoms with van der Waals surface area (Å²) in [6.07, 6.45) is 1.62. The van der Waals surface area contributed by atoms with Gasteiger partial charge in [0.15, 0.2) is 11.5 Å². The molecule has 0 radical (unpaired) electrons. The molecule has 28 heavy (non-hydrogen) atoms. The first-order valence-electron chi connectivity index (χ1n) is 8.68. The molecule has 148 valence electrons. The van der Waals surface area contributed by atoms with Gasteiger partial charge in [-0.2, -0.15) is 0 Å². The Morgan fingerprint density at radius 3 is 2.14 bits per heavy atom. The fraction of sp³-hybridized carbons (Fsp3) is 0.300. The lowest BCUT2D eigenvalue weighted by Gasteiger charge is -2.14. The van der Waals surface area contributed by atoms with E-state index in [0.29, 0.717) is 22.9 Å². The molecule has 2 aromatic rings. The number of hydrogen-bond acceptors (Lipinski definition) is 5. The van der Waals surface area contributed by atoms with Gasteiger partial charge in [-0.15, -0.1) is 0 Å². The highest BCUT2D eigenvalue weighted by Crippen LogP contribution is 2.38. The van der Waals surface area contributed by atoms with Crippen LogP contribution in [-0.4, -0.2) is 33.1 Å². The van der Waals surface area contributed by atoms with E-state index in [4.69, 9.17) is 14.2 Å². The molecular weight excluding hydrogens is 367 g/mol. The first-order valence-corrected chi connectivity index (χ1v) is 8.68. The zero-order valence-electron chi connectivity index (χ0n) is 15.8. The summed E-state index contributed by atoms with van der Waals surface area (Å²) in [5.41, 5.74) is 0.633. The summed E-state index contributed by atoms with van der Waals surface area (Å²) in [5, 5.41) is 5.23. The standard InChI is InChI=1S/C20H21FN2O5/c1-26-16-8-12(9-17(27-2)18(16)28-3)20(25)22-13-6-7-14(21)15(10-13)23-19(24)11-4-5-11/h6-11H,4-5H2,1-3H3,(H,22,25)(H,23,24). The maximum absolute atomic E-state index is 14.0. The number of amides is 2. The number of halogens is 1. The van der Waals surface area contributed by atoms with E-state index in [1.54, 1.807) is 0 Å². The molecule has 2 aromatic carbocycles. The molecule has 0 unspecified atom stereocenters. The molecule has 7 nitrogen and oxygen atoms in total. The van der Waals surface area contributed by atoms with Crippen molar-refractivity contribution in [3.05, 3.63) is 41.7 Å². The molecule has 3 rings (SSSR count). The molecule has 1 aliphatic carbocycles. The van der Waals surface area contributed by atoms with Crippen LogP contribution in [0.2, 0.25) is 0 Å². The van der Waals surface area contributed by atoms with Gasteiger partial charge in [-0.05, 0) is 43.2 Å². The number of carbonyl (C=O) groups is 2. The average Bonchev–Trinajstić information content (AvgIpc) is 3.54. The minimum Gasteiger partial charge on any atom is -0.493 e. The molecule has 2 N–H and O–H groups in total. The number of nitrogens with one attached hydrogen (secondary N) is 2. The van der Waals surface area contributed by atoms with Crippen molar-refractivity contribution in [2.75, 3.05) is 32.0 Å². The van der Waals surface area contributed by atoms with Crippen molar-refractivity contribution < 1.29 is 28.2 Å². The van der Waals surface area contributed by atoms with Crippen molar-refractivity contribution in [3.8, 4) is 17.2 Å². The molecular formula is C20H21FN2O5. The highest BCUT2D eigenvalue weighted by atomic mass is 19.1. The van der Waals surface area contributed by atoms with E-state index in [2.05, 4.69) is 10.6 Å². The predicted molar refractivity (Wildman–Crippen MR) is 102 cm³/mol. The van der Waals surface area contributed by atoms with E-state index in [1.807, 2.05) is 0 Å². The van der Waals surface area contributed by atoms with E-state index >= 15 is 0 Å². The molecule has 1 aliphatic rings. The third-order valence-corrected chi connectivity index (χ3v) is 4.36. The van der Waals surface area contributed by atoms with Gasteiger partial charge in [-0.1, -0.05) is 0 Å². The summed E-state index contributed by atoms with van der Waals surface area (Å²) in [5.74, 6) is -0.255. The summed E-state index contributed by atoms with van der Waals surface area (Å²) in [7, 11) is 4.37. The van der Waals surface area contributed by atoms with Gasteiger partial charge in [0.25, 0.3) is 5.91 Å². The molecule has 0 atom stereocenters. The maximum Gasteiger partial charge on any atom is 0.255 e. The molecule has 0 aromatic heterocycles. The number of carbonyl (C=O) groups excluding carboxylic acids is 2. The van der Waals surface area contributed by atoms with Gasteiger partial charge < -0.3 is 24.8 Å². The van der Waals surface area contributed by atoms with Gasteiger partial charge in [0, 0.05) is 17.2 Å². The Morgan fingerprint density at radius 1 is 0.964 bits per heavy atom. The van der Waals surface area contributed by atoms with E-state index in [1.165, 1.54) is 51.7 Å². The third-order valence-electron chi connectivity index (χ3n) is 4.36. The predicted octanol–water partition coefficient (Wildman–Crippen LogP) is 3.45. The van der Waals surface area contributed by atoms with Crippen molar-refractivity contribution in [2.24, 2.45) is 5.92 Å². The first-order chi connectivity index (χ1) is 13.5. The fourth-order valence-electron chi connectivity index (χ4n) is 2.69. The lowest BCUT2D eigenvalue weighted by Crippen LogP contribution is -2.16. The zero-order valence-corrected chi connectivity index (χ0v) is 15.8. The van der Waals surface area contributed by atoms with Crippen molar-refractivity contribution in [2.45, 2.75) is 12.8 Å². The second-order valence-corrected chi connectivity index (χ2v) is 6.33. The Hall–Kier alpha value is -3.29. The summed E-state index contributed by atoms with van der Waals surface area (Å²) in [4.78, 5) is 24.5. The second kappa shape index (κ2) is 8.16. The van der Waals surface area contributed by atoms with Gasteiger partial charge in [-0.25, -0.2) is 4.39 Å². The zero-order chi connectivity index (χ0) is 20.3. The van der Waals surface area contributed by atoms with E-state index in [0.717, 1.165) is 12.8 Å². The Labute approximate surface area is 161 Å². The number of benzene rings is 2. The highest BCUT2D eigenvalue weighted by molar-refractivity contribution is 6.05. The monoisotopic (exact) mass is 388 g/mol. The van der Waals surface area contributed by atoms with Crippen LogP contribution in [0.15, 0.2) is 30.3 Å². The molecule has 0 bridgehead atoms.